The van der Waals surface area contributed by atoms with Gasteiger partial charge in [0.15, 0.2) is 11.6 Å². The van der Waals surface area contributed by atoms with Crippen LogP contribution in [0.2, 0.25) is 0 Å². The smallest absolute Gasteiger partial charge is 0.329 e. The van der Waals surface area contributed by atoms with Gasteiger partial charge in [-0.2, -0.15) is 0 Å². The Balaban J connectivity index is 2.59. The molecule has 4 nitrogen and oxygen atoms in total. The van der Waals surface area contributed by atoms with Crippen LogP contribution in [0.5, 0.6) is 5.75 Å². The van der Waals surface area contributed by atoms with Gasteiger partial charge in [-0.05, 0) is 31.5 Å². The van der Waals surface area contributed by atoms with E-state index in [2.05, 4.69) is 0 Å². The van der Waals surface area contributed by atoms with E-state index in [1.807, 2.05) is 13.8 Å². The van der Waals surface area contributed by atoms with Crippen LogP contribution in [-0.4, -0.2) is 23.8 Å². The lowest BCUT2D eigenvalue weighted by molar-refractivity contribution is -0.142. The van der Waals surface area contributed by atoms with Crippen molar-refractivity contribution < 1.29 is 23.8 Å². The van der Waals surface area contributed by atoms with Crippen molar-refractivity contribution in [3.63, 3.8) is 0 Å². The number of aliphatic carboxylic acids is 1. The number of rotatable bonds is 6. The first-order valence-corrected chi connectivity index (χ1v) is 5.23. The summed E-state index contributed by atoms with van der Waals surface area (Å²) in [6, 6.07) is 4.43. The van der Waals surface area contributed by atoms with E-state index in [4.69, 9.17) is 14.6 Å². The third kappa shape index (κ3) is 4.82. The van der Waals surface area contributed by atoms with Crippen molar-refractivity contribution in [2.24, 2.45) is 0 Å². The van der Waals surface area contributed by atoms with E-state index in [-0.39, 0.29) is 18.5 Å². The molecule has 0 heterocycles. The molecule has 1 aromatic rings. The zero-order valence-electron chi connectivity index (χ0n) is 9.77. The first-order valence-electron chi connectivity index (χ1n) is 5.23. The molecule has 17 heavy (non-hydrogen) atoms. The zero-order valence-corrected chi connectivity index (χ0v) is 9.77. The molecule has 0 atom stereocenters. The van der Waals surface area contributed by atoms with Gasteiger partial charge in [-0.1, -0.05) is 6.07 Å². The van der Waals surface area contributed by atoms with E-state index < -0.39 is 18.4 Å². The first kappa shape index (κ1) is 13.4. The van der Waals surface area contributed by atoms with Crippen LogP contribution in [-0.2, 0) is 16.1 Å². The molecule has 0 saturated heterocycles. The fourth-order valence-electron chi connectivity index (χ4n) is 1.24. The Morgan fingerprint density at radius 3 is 2.71 bits per heavy atom. The van der Waals surface area contributed by atoms with Crippen molar-refractivity contribution in [3.8, 4) is 5.75 Å². The third-order valence-electron chi connectivity index (χ3n) is 1.85. The van der Waals surface area contributed by atoms with E-state index in [1.54, 1.807) is 6.07 Å². The van der Waals surface area contributed by atoms with Gasteiger partial charge in [0.25, 0.3) is 0 Å². The summed E-state index contributed by atoms with van der Waals surface area (Å²) in [5.74, 6) is -1.35. The van der Waals surface area contributed by atoms with Gasteiger partial charge < -0.3 is 14.6 Å². The maximum atomic E-state index is 13.5. The quantitative estimate of drug-likeness (QED) is 0.831. The van der Waals surface area contributed by atoms with Crippen molar-refractivity contribution in [1.82, 2.24) is 0 Å². The molecule has 0 unspecified atom stereocenters. The number of carboxylic acid groups (broad SMARTS) is 1. The lowest BCUT2D eigenvalue weighted by Gasteiger charge is -2.11. The van der Waals surface area contributed by atoms with E-state index >= 15 is 0 Å². The van der Waals surface area contributed by atoms with Gasteiger partial charge in [-0.15, -0.1) is 0 Å². The van der Waals surface area contributed by atoms with Gasteiger partial charge in [0.2, 0.25) is 0 Å². The average molecular weight is 242 g/mol. The SMILES string of the molecule is CC(C)Oc1ccc(COCC(=O)O)cc1F. The average Bonchev–Trinajstić information content (AvgIpc) is 2.21. The molecule has 1 N–H and O–H groups in total. The van der Waals surface area contributed by atoms with E-state index in [9.17, 15) is 9.18 Å². The number of halogens is 1. The molecule has 0 aliphatic heterocycles. The second-order valence-electron chi connectivity index (χ2n) is 3.82. The van der Waals surface area contributed by atoms with Crippen LogP contribution < -0.4 is 4.74 Å². The number of ether oxygens (including phenoxy) is 2. The molecule has 0 spiro atoms. The van der Waals surface area contributed by atoms with Crippen molar-refractivity contribution >= 4 is 5.97 Å². The van der Waals surface area contributed by atoms with E-state index in [0.717, 1.165) is 0 Å². The maximum absolute atomic E-state index is 13.5. The lowest BCUT2D eigenvalue weighted by atomic mass is 10.2. The van der Waals surface area contributed by atoms with Gasteiger partial charge in [-0.25, -0.2) is 9.18 Å². The predicted molar refractivity (Wildman–Crippen MR) is 59.5 cm³/mol. The van der Waals surface area contributed by atoms with Gasteiger partial charge in [0, 0.05) is 0 Å². The molecule has 0 saturated carbocycles. The Hall–Kier alpha value is -1.62. The summed E-state index contributed by atoms with van der Waals surface area (Å²) in [6.07, 6.45) is -0.0985. The number of hydrogen-bond donors (Lipinski definition) is 1. The van der Waals surface area contributed by atoms with E-state index in [1.165, 1.54) is 12.1 Å². The topological polar surface area (TPSA) is 55.8 Å². The molecule has 0 radical (unpaired) electrons. The van der Waals surface area contributed by atoms with Crippen molar-refractivity contribution in [1.29, 1.82) is 0 Å². The van der Waals surface area contributed by atoms with Crippen LogP contribution in [0.4, 0.5) is 4.39 Å². The highest BCUT2D eigenvalue weighted by molar-refractivity contribution is 5.67. The first-order chi connectivity index (χ1) is 7.99. The highest BCUT2D eigenvalue weighted by Gasteiger charge is 2.07. The highest BCUT2D eigenvalue weighted by atomic mass is 19.1. The highest BCUT2D eigenvalue weighted by Crippen LogP contribution is 2.19. The van der Waals surface area contributed by atoms with Crippen LogP contribution in [0.3, 0.4) is 0 Å². The summed E-state index contributed by atoms with van der Waals surface area (Å²) in [5.41, 5.74) is 0.569. The number of benzene rings is 1. The predicted octanol–water partition coefficient (Wildman–Crippen LogP) is 2.21. The second-order valence-corrected chi connectivity index (χ2v) is 3.82. The fourth-order valence-corrected chi connectivity index (χ4v) is 1.24. The lowest BCUT2D eigenvalue weighted by Crippen LogP contribution is -2.08. The largest absolute Gasteiger partial charge is 0.488 e. The minimum Gasteiger partial charge on any atom is -0.488 e. The summed E-state index contributed by atoms with van der Waals surface area (Å²) < 4.78 is 23.6. The third-order valence-corrected chi connectivity index (χ3v) is 1.85. The molecule has 0 amide bonds. The van der Waals surface area contributed by atoms with Crippen molar-refractivity contribution in [3.05, 3.63) is 29.6 Å². The standard InChI is InChI=1S/C12H15FO4/c1-8(2)17-11-4-3-9(5-10(11)13)6-16-7-12(14)15/h3-5,8H,6-7H2,1-2H3,(H,14,15). The summed E-state index contributed by atoms with van der Waals surface area (Å²) in [7, 11) is 0. The normalized spacial score (nSPS) is 10.6. The molecule has 0 aliphatic rings. The van der Waals surface area contributed by atoms with Crippen LogP contribution in [0.25, 0.3) is 0 Å². The minimum atomic E-state index is -1.05. The van der Waals surface area contributed by atoms with Gasteiger partial charge in [0.1, 0.15) is 6.61 Å². The molecule has 1 rings (SSSR count). The molecule has 94 valence electrons. The summed E-state index contributed by atoms with van der Waals surface area (Å²) in [4.78, 5) is 10.2. The monoisotopic (exact) mass is 242 g/mol. The fraction of sp³-hybridized carbons (Fsp3) is 0.417. The Kier molecular flexibility index (Phi) is 4.90. The van der Waals surface area contributed by atoms with E-state index in [0.29, 0.717) is 5.56 Å². The Bertz CT molecular complexity index is 390. The second kappa shape index (κ2) is 6.20. The van der Waals surface area contributed by atoms with Gasteiger partial charge in [0.05, 0.1) is 12.7 Å². The minimum absolute atomic E-state index is 0.0607. The summed E-state index contributed by atoms with van der Waals surface area (Å²) in [5, 5.41) is 8.37. The van der Waals surface area contributed by atoms with Crippen LogP contribution >= 0.6 is 0 Å². The molecule has 1 aromatic carbocycles. The van der Waals surface area contributed by atoms with Crippen LogP contribution in [0.15, 0.2) is 18.2 Å². The summed E-state index contributed by atoms with van der Waals surface area (Å²) in [6.45, 7) is 3.28. The Morgan fingerprint density at radius 1 is 1.47 bits per heavy atom. The van der Waals surface area contributed by atoms with Gasteiger partial charge >= 0.3 is 5.97 Å². The Labute approximate surface area is 99.0 Å². The molecular formula is C12H15FO4. The number of carbonyl (C=O) groups is 1. The van der Waals surface area contributed by atoms with Gasteiger partial charge in [-0.3, -0.25) is 0 Å². The number of carboxylic acids is 1. The molecule has 0 aliphatic carbocycles. The Morgan fingerprint density at radius 2 is 2.18 bits per heavy atom. The van der Waals surface area contributed by atoms with Crippen molar-refractivity contribution in [2.75, 3.05) is 6.61 Å². The zero-order chi connectivity index (χ0) is 12.8. The number of hydrogen-bond acceptors (Lipinski definition) is 3. The molecule has 0 bridgehead atoms. The van der Waals surface area contributed by atoms with Crippen LogP contribution in [0, 0.1) is 5.82 Å². The molecular weight excluding hydrogens is 227 g/mol. The van der Waals surface area contributed by atoms with Crippen LogP contribution in [0.1, 0.15) is 19.4 Å². The molecule has 0 fully saturated rings. The summed E-state index contributed by atoms with van der Waals surface area (Å²) >= 11 is 0. The van der Waals surface area contributed by atoms with Crippen molar-refractivity contribution in [2.45, 2.75) is 26.6 Å². The molecule has 5 heteroatoms. The molecule has 0 aromatic heterocycles. The maximum Gasteiger partial charge on any atom is 0.329 e.